The van der Waals surface area contributed by atoms with Crippen LogP contribution in [0.15, 0.2) is 24.3 Å². The monoisotopic (exact) mass is 284 g/mol. The van der Waals surface area contributed by atoms with Crippen LogP contribution in [0.3, 0.4) is 0 Å². The largest absolute Gasteiger partial charge is 0.313 e. The fourth-order valence-corrected chi connectivity index (χ4v) is 2.84. The molecule has 0 bridgehead atoms. The summed E-state index contributed by atoms with van der Waals surface area (Å²) in [7, 11) is 2.15. The molecule has 0 saturated heterocycles. The molecule has 1 atom stereocenters. The van der Waals surface area contributed by atoms with Crippen molar-refractivity contribution in [1.82, 2.24) is 14.5 Å². The van der Waals surface area contributed by atoms with E-state index in [-0.39, 0.29) is 6.04 Å². The average molecular weight is 284 g/mol. The van der Waals surface area contributed by atoms with Crippen LogP contribution in [0.5, 0.6) is 0 Å². The van der Waals surface area contributed by atoms with Crippen molar-refractivity contribution in [2.45, 2.75) is 45.7 Å². The maximum atomic E-state index is 9.14. The van der Waals surface area contributed by atoms with Gasteiger partial charge in [-0.2, -0.15) is 5.26 Å². The molecule has 1 aromatic carbocycles. The summed E-state index contributed by atoms with van der Waals surface area (Å²) in [6, 6.07) is 10.6. The van der Waals surface area contributed by atoms with E-state index >= 15 is 0 Å². The summed E-state index contributed by atoms with van der Waals surface area (Å²) < 4.78 is 2.06. The summed E-state index contributed by atoms with van der Waals surface area (Å²) in [5.41, 5.74) is 2.03. The highest BCUT2D eigenvalue weighted by atomic mass is 15.2. The summed E-state index contributed by atoms with van der Waals surface area (Å²) >= 11 is 0. The van der Waals surface area contributed by atoms with Gasteiger partial charge in [0.05, 0.1) is 23.1 Å². The van der Waals surface area contributed by atoms with Crippen molar-refractivity contribution >= 4 is 11.0 Å². The topological polar surface area (TPSA) is 44.9 Å². The molecule has 0 aliphatic carbocycles. The van der Waals surface area contributed by atoms with Crippen molar-refractivity contribution in [2.75, 3.05) is 13.6 Å². The Morgan fingerprint density at radius 1 is 1.33 bits per heavy atom. The summed E-state index contributed by atoms with van der Waals surface area (Å²) in [6.45, 7) is 5.81. The van der Waals surface area contributed by atoms with Gasteiger partial charge in [-0.25, -0.2) is 4.98 Å². The van der Waals surface area contributed by atoms with Gasteiger partial charge in [0.2, 0.25) is 0 Å². The van der Waals surface area contributed by atoms with E-state index in [0.717, 1.165) is 29.8 Å². The number of aromatic nitrogens is 2. The maximum Gasteiger partial charge on any atom is 0.128 e. The van der Waals surface area contributed by atoms with E-state index in [1.54, 1.807) is 0 Å². The van der Waals surface area contributed by atoms with Crippen LogP contribution in [0.1, 0.15) is 45.0 Å². The van der Waals surface area contributed by atoms with Crippen LogP contribution in [-0.4, -0.2) is 28.0 Å². The molecule has 4 nitrogen and oxygen atoms in total. The van der Waals surface area contributed by atoms with Gasteiger partial charge in [-0.15, -0.1) is 0 Å². The number of unbranched alkanes of at least 4 members (excludes halogenated alkanes) is 1. The molecule has 1 heterocycles. The van der Waals surface area contributed by atoms with Crippen LogP contribution in [0.2, 0.25) is 0 Å². The van der Waals surface area contributed by atoms with Gasteiger partial charge in [-0.3, -0.25) is 4.90 Å². The van der Waals surface area contributed by atoms with Crippen molar-refractivity contribution in [3.05, 3.63) is 30.1 Å². The fourth-order valence-electron chi connectivity index (χ4n) is 2.84. The number of fused-ring (bicyclic) bond motifs is 1. The van der Waals surface area contributed by atoms with Crippen molar-refractivity contribution in [2.24, 2.45) is 0 Å². The van der Waals surface area contributed by atoms with E-state index in [1.165, 1.54) is 12.8 Å². The first kappa shape index (κ1) is 15.5. The second-order valence-corrected chi connectivity index (χ2v) is 5.46. The zero-order valence-corrected chi connectivity index (χ0v) is 13.2. The number of benzene rings is 1. The molecule has 0 aliphatic heterocycles. The van der Waals surface area contributed by atoms with Crippen LogP contribution in [-0.2, 0) is 6.54 Å². The first-order valence-corrected chi connectivity index (χ1v) is 7.75. The molecule has 0 N–H and O–H groups in total. The SMILES string of the molecule is CCCCN(C)C(CC)c1nc2ccccc2n1CC#N. The molecule has 0 aliphatic rings. The third-order valence-electron chi connectivity index (χ3n) is 3.99. The van der Waals surface area contributed by atoms with Gasteiger partial charge in [0.15, 0.2) is 0 Å². The van der Waals surface area contributed by atoms with Crippen LogP contribution < -0.4 is 0 Å². The Hall–Kier alpha value is -1.86. The van der Waals surface area contributed by atoms with Gasteiger partial charge in [0.1, 0.15) is 12.4 Å². The number of nitriles is 1. The van der Waals surface area contributed by atoms with Crippen molar-refractivity contribution < 1.29 is 0 Å². The maximum absolute atomic E-state index is 9.14. The lowest BCUT2D eigenvalue weighted by Crippen LogP contribution is -2.27. The van der Waals surface area contributed by atoms with Gasteiger partial charge < -0.3 is 4.57 Å². The molecule has 0 radical (unpaired) electrons. The molecule has 0 amide bonds. The Morgan fingerprint density at radius 2 is 2.10 bits per heavy atom. The zero-order valence-electron chi connectivity index (χ0n) is 13.2. The highest BCUT2D eigenvalue weighted by Crippen LogP contribution is 2.26. The van der Waals surface area contributed by atoms with Gasteiger partial charge in [0, 0.05) is 0 Å². The van der Waals surface area contributed by atoms with Gasteiger partial charge >= 0.3 is 0 Å². The average Bonchev–Trinajstić information content (AvgIpc) is 2.85. The molecule has 0 saturated carbocycles. The molecule has 1 unspecified atom stereocenters. The number of hydrogen-bond donors (Lipinski definition) is 0. The number of nitrogens with zero attached hydrogens (tertiary/aromatic N) is 4. The summed E-state index contributed by atoms with van der Waals surface area (Å²) in [6.07, 6.45) is 3.37. The second-order valence-electron chi connectivity index (χ2n) is 5.46. The van der Waals surface area contributed by atoms with Crippen molar-refractivity contribution in [1.29, 1.82) is 5.26 Å². The van der Waals surface area contributed by atoms with Gasteiger partial charge in [0.25, 0.3) is 0 Å². The molecule has 2 aromatic rings. The Kier molecular flexibility index (Phi) is 5.35. The van der Waals surface area contributed by atoms with Gasteiger partial charge in [-0.05, 0) is 38.6 Å². The first-order chi connectivity index (χ1) is 10.2. The lowest BCUT2D eigenvalue weighted by Gasteiger charge is -2.26. The highest BCUT2D eigenvalue weighted by Gasteiger charge is 2.22. The van der Waals surface area contributed by atoms with E-state index in [0.29, 0.717) is 6.54 Å². The normalized spacial score (nSPS) is 12.7. The molecule has 1 aromatic heterocycles. The van der Waals surface area contributed by atoms with Gasteiger partial charge in [-0.1, -0.05) is 32.4 Å². The van der Waals surface area contributed by atoms with Crippen LogP contribution in [0.4, 0.5) is 0 Å². The first-order valence-electron chi connectivity index (χ1n) is 7.75. The number of hydrogen-bond acceptors (Lipinski definition) is 3. The van der Waals surface area contributed by atoms with E-state index in [1.807, 2.05) is 24.3 Å². The minimum atomic E-state index is 0.261. The molecule has 112 valence electrons. The van der Waals surface area contributed by atoms with Crippen molar-refractivity contribution in [3.63, 3.8) is 0 Å². The van der Waals surface area contributed by atoms with E-state index in [2.05, 4.69) is 36.4 Å². The Bertz CT molecular complexity index is 623. The number of imidazole rings is 1. The summed E-state index contributed by atoms with van der Waals surface area (Å²) in [5.74, 6) is 1.01. The summed E-state index contributed by atoms with van der Waals surface area (Å²) in [4.78, 5) is 7.16. The molecule has 2 rings (SSSR count). The highest BCUT2D eigenvalue weighted by molar-refractivity contribution is 5.76. The standard InChI is InChI=1S/C17H24N4/c1-4-6-12-20(3)15(5-2)17-19-14-9-7-8-10-16(14)21(17)13-11-18/h7-10,15H,4-6,12-13H2,1-3H3. The van der Waals surface area contributed by atoms with E-state index in [4.69, 9.17) is 10.2 Å². The Balaban J connectivity index is 2.42. The minimum absolute atomic E-state index is 0.261. The van der Waals surface area contributed by atoms with Crippen LogP contribution in [0, 0.1) is 11.3 Å². The fraction of sp³-hybridized carbons (Fsp3) is 0.529. The third kappa shape index (κ3) is 3.25. The Labute approximate surface area is 127 Å². The summed E-state index contributed by atoms with van der Waals surface area (Å²) in [5, 5.41) is 9.14. The Morgan fingerprint density at radius 3 is 2.76 bits per heavy atom. The predicted molar refractivity (Wildman–Crippen MR) is 85.9 cm³/mol. The quantitative estimate of drug-likeness (QED) is 0.778. The number of para-hydroxylation sites is 2. The lowest BCUT2D eigenvalue weighted by molar-refractivity contribution is 0.223. The lowest BCUT2D eigenvalue weighted by atomic mass is 10.1. The predicted octanol–water partition coefficient (Wildman–Crippen LogP) is 3.74. The second kappa shape index (κ2) is 7.24. The molecular weight excluding hydrogens is 260 g/mol. The molecular formula is C17H24N4. The molecule has 0 spiro atoms. The van der Waals surface area contributed by atoms with E-state index in [9.17, 15) is 0 Å². The third-order valence-corrected chi connectivity index (χ3v) is 3.99. The molecule has 4 heteroatoms. The van der Waals surface area contributed by atoms with Crippen molar-refractivity contribution in [3.8, 4) is 6.07 Å². The van der Waals surface area contributed by atoms with Crippen LogP contribution >= 0.6 is 0 Å². The zero-order chi connectivity index (χ0) is 15.2. The molecule has 0 fully saturated rings. The minimum Gasteiger partial charge on any atom is -0.313 e. The van der Waals surface area contributed by atoms with E-state index < -0.39 is 0 Å². The van der Waals surface area contributed by atoms with Crippen LogP contribution in [0.25, 0.3) is 11.0 Å². The molecule has 21 heavy (non-hydrogen) atoms. The number of rotatable bonds is 7. The smallest absolute Gasteiger partial charge is 0.128 e.